The van der Waals surface area contributed by atoms with Crippen LogP contribution >= 0.6 is 0 Å². The van der Waals surface area contributed by atoms with E-state index in [4.69, 9.17) is 4.74 Å². The second kappa shape index (κ2) is 6.55. The third-order valence-electron chi connectivity index (χ3n) is 3.85. The maximum absolute atomic E-state index is 12.4. The van der Waals surface area contributed by atoms with Gasteiger partial charge in [0.25, 0.3) is 0 Å². The molecule has 0 bridgehead atoms. The molecule has 1 N–H and O–H groups in total. The van der Waals surface area contributed by atoms with E-state index in [1.54, 1.807) is 37.6 Å². The summed E-state index contributed by atoms with van der Waals surface area (Å²) >= 11 is 0. The monoisotopic (exact) mass is 333 g/mol. The lowest BCUT2D eigenvalue weighted by atomic mass is 10.3. The molecule has 0 amide bonds. The fourth-order valence-corrected chi connectivity index (χ4v) is 3.91. The third kappa shape index (κ3) is 3.62. The molecular weight excluding hydrogens is 314 g/mol. The van der Waals surface area contributed by atoms with Crippen molar-refractivity contribution in [3.63, 3.8) is 0 Å². The van der Waals surface area contributed by atoms with Gasteiger partial charge >= 0.3 is 0 Å². The Kier molecular flexibility index (Phi) is 4.49. The Bertz CT molecular complexity index is 748. The number of sulfonamides is 1. The number of aromatic nitrogens is 1. The quantitative estimate of drug-likeness (QED) is 0.901. The van der Waals surface area contributed by atoms with Crippen LogP contribution < -0.4 is 14.4 Å². The van der Waals surface area contributed by atoms with Crippen molar-refractivity contribution in [1.29, 1.82) is 0 Å². The van der Waals surface area contributed by atoms with Gasteiger partial charge in [-0.15, -0.1) is 0 Å². The van der Waals surface area contributed by atoms with Crippen molar-refractivity contribution in [1.82, 2.24) is 9.71 Å². The Morgan fingerprint density at radius 1 is 1.22 bits per heavy atom. The van der Waals surface area contributed by atoms with Gasteiger partial charge in [0.05, 0.1) is 12.0 Å². The van der Waals surface area contributed by atoms with E-state index in [0.29, 0.717) is 12.3 Å². The zero-order chi connectivity index (χ0) is 16.3. The van der Waals surface area contributed by atoms with Crippen LogP contribution in [-0.2, 0) is 10.0 Å². The van der Waals surface area contributed by atoms with E-state index in [2.05, 4.69) is 14.6 Å². The van der Waals surface area contributed by atoms with Crippen LogP contribution in [0.1, 0.15) is 6.42 Å². The standard InChI is InChI=1S/C16H19N3O3S/c1-22-14-5-7-15(8-6-14)23(20,21)18-13-9-11-19(12-13)16-4-2-3-10-17-16/h2-8,10,13,18H,9,11-12H2,1H3/t13-/m0/s1. The summed E-state index contributed by atoms with van der Waals surface area (Å²) in [5.74, 6) is 1.50. The Balaban J connectivity index is 1.67. The van der Waals surface area contributed by atoms with Crippen molar-refractivity contribution in [3.05, 3.63) is 48.7 Å². The first-order valence-electron chi connectivity index (χ1n) is 7.41. The van der Waals surface area contributed by atoms with Crippen LogP contribution in [0.4, 0.5) is 5.82 Å². The highest BCUT2D eigenvalue weighted by Gasteiger charge is 2.27. The van der Waals surface area contributed by atoms with Crippen LogP contribution in [0.2, 0.25) is 0 Å². The topological polar surface area (TPSA) is 71.5 Å². The molecule has 0 radical (unpaired) electrons. The molecule has 0 aliphatic carbocycles. The molecule has 1 aromatic heterocycles. The first-order chi connectivity index (χ1) is 11.1. The molecule has 3 rings (SSSR count). The van der Waals surface area contributed by atoms with E-state index < -0.39 is 10.0 Å². The summed E-state index contributed by atoms with van der Waals surface area (Å²) in [7, 11) is -1.98. The Morgan fingerprint density at radius 3 is 2.65 bits per heavy atom. The zero-order valence-electron chi connectivity index (χ0n) is 12.8. The second-order valence-electron chi connectivity index (χ2n) is 5.42. The number of nitrogens with zero attached hydrogens (tertiary/aromatic N) is 2. The molecule has 1 atom stereocenters. The van der Waals surface area contributed by atoms with Gasteiger partial charge in [-0.2, -0.15) is 0 Å². The number of pyridine rings is 1. The minimum Gasteiger partial charge on any atom is -0.497 e. The van der Waals surface area contributed by atoms with Crippen molar-refractivity contribution in [2.24, 2.45) is 0 Å². The first-order valence-corrected chi connectivity index (χ1v) is 8.89. The molecule has 1 saturated heterocycles. The molecule has 0 saturated carbocycles. The summed E-state index contributed by atoms with van der Waals surface area (Å²) in [6.07, 6.45) is 2.50. The number of anilines is 1. The van der Waals surface area contributed by atoms with Gasteiger partial charge in [-0.05, 0) is 42.8 Å². The smallest absolute Gasteiger partial charge is 0.240 e. The van der Waals surface area contributed by atoms with Crippen LogP contribution in [0.5, 0.6) is 5.75 Å². The van der Waals surface area contributed by atoms with Crippen LogP contribution in [0.15, 0.2) is 53.6 Å². The zero-order valence-corrected chi connectivity index (χ0v) is 13.7. The third-order valence-corrected chi connectivity index (χ3v) is 5.39. The maximum atomic E-state index is 12.4. The highest BCUT2D eigenvalue weighted by atomic mass is 32.2. The fraction of sp³-hybridized carbons (Fsp3) is 0.312. The normalized spacial score (nSPS) is 18.1. The van der Waals surface area contributed by atoms with Gasteiger partial charge in [-0.25, -0.2) is 18.1 Å². The van der Waals surface area contributed by atoms with Crippen LogP contribution in [0, 0.1) is 0 Å². The van der Waals surface area contributed by atoms with Crippen molar-refractivity contribution in [3.8, 4) is 5.75 Å². The van der Waals surface area contributed by atoms with Gasteiger partial charge in [0, 0.05) is 25.3 Å². The van der Waals surface area contributed by atoms with Crippen molar-refractivity contribution < 1.29 is 13.2 Å². The number of hydrogen-bond acceptors (Lipinski definition) is 5. The first kappa shape index (κ1) is 15.8. The predicted octanol–water partition coefficient (Wildman–Crippen LogP) is 1.65. The van der Waals surface area contributed by atoms with Gasteiger partial charge in [0.1, 0.15) is 11.6 Å². The van der Waals surface area contributed by atoms with Crippen LogP contribution in [0.25, 0.3) is 0 Å². The van der Waals surface area contributed by atoms with E-state index >= 15 is 0 Å². The molecule has 2 heterocycles. The molecule has 1 aliphatic rings. The van der Waals surface area contributed by atoms with Crippen LogP contribution in [-0.4, -0.2) is 39.6 Å². The number of ether oxygens (including phenoxy) is 1. The molecule has 7 heteroatoms. The van der Waals surface area contributed by atoms with E-state index in [1.165, 1.54) is 0 Å². The lowest BCUT2D eigenvalue weighted by molar-refractivity contribution is 0.414. The summed E-state index contributed by atoms with van der Waals surface area (Å²) in [4.78, 5) is 6.63. The summed E-state index contributed by atoms with van der Waals surface area (Å²) < 4.78 is 32.7. The molecule has 6 nitrogen and oxygen atoms in total. The van der Waals surface area contributed by atoms with Gasteiger partial charge in [-0.1, -0.05) is 6.07 Å². The summed E-state index contributed by atoms with van der Waals surface area (Å²) in [6, 6.07) is 12.0. The molecule has 2 aromatic rings. The average Bonchev–Trinajstić information content (AvgIpc) is 3.03. The van der Waals surface area contributed by atoms with E-state index in [0.717, 1.165) is 18.8 Å². The summed E-state index contributed by atoms with van der Waals surface area (Å²) in [5.41, 5.74) is 0. The van der Waals surface area contributed by atoms with Gasteiger partial charge in [0.2, 0.25) is 10.0 Å². The lowest BCUT2D eigenvalue weighted by Crippen LogP contribution is -2.37. The minimum absolute atomic E-state index is 0.121. The number of hydrogen-bond donors (Lipinski definition) is 1. The van der Waals surface area contributed by atoms with Gasteiger partial charge < -0.3 is 9.64 Å². The van der Waals surface area contributed by atoms with Gasteiger partial charge in [0.15, 0.2) is 0 Å². The molecular formula is C16H19N3O3S. The molecule has 1 aromatic carbocycles. The highest BCUT2D eigenvalue weighted by Crippen LogP contribution is 2.20. The molecule has 122 valence electrons. The molecule has 1 aliphatic heterocycles. The number of benzene rings is 1. The molecule has 0 spiro atoms. The highest BCUT2D eigenvalue weighted by molar-refractivity contribution is 7.89. The predicted molar refractivity (Wildman–Crippen MR) is 88.2 cm³/mol. The summed E-state index contributed by atoms with van der Waals surface area (Å²) in [5, 5.41) is 0. The lowest BCUT2D eigenvalue weighted by Gasteiger charge is -2.17. The number of nitrogens with one attached hydrogen (secondary N) is 1. The maximum Gasteiger partial charge on any atom is 0.240 e. The SMILES string of the molecule is COc1ccc(S(=O)(=O)N[C@H]2CCN(c3ccccn3)C2)cc1. The summed E-state index contributed by atoms with van der Waals surface area (Å²) in [6.45, 7) is 1.40. The van der Waals surface area contributed by atoms with Crippen molar-refractivity contribution in [2.45, 2.75) is 17.4 Å². The van der Waals surface area contributed by atoms with E-state index in [1.807, 2.05) is 18.2 Å². The van der Waals surface area contributed by atoms with Gasteiger partial charge in [-0.3, -0.25) is 0 Å². The number of rotatable bonds is 5. The fourth-order valence-electron chi connectivity index (χ4n) is 2.65. The van der Waals surface area contributed by atoms with Crippen LogP contribution in [0.3, 0.4) is 0 Å². The second-order valence-corrected chi connectivity index (χ2v) is 7.13. The van der Waals surface area contributed by atoms with E-state index in [-0.39, 0.29) is 10.9 Å². The van der Waals surface area contributed by atoms with E-state index in [9.17, 15) is 8.42 Å². The molecule has 23 heavy (non-hydrogen) atoms. The van der Waals surface area contributed by atoms with Crippen molar-refractivity contribution in [2.75, 3.05) is 25.1 Å². The van der Waals surface area contributed by atoms with Crippen molar-refractivity contribution >= 4 is 15.8 Å². The minimum atomic E-state index is -3.53. The Hall–Kier alpha value is -2.12. The molecule has 1 fully saturated rings. The molecule has 0 unspecified atom stereocenters. The average molecular weight is 333 g/mol. The Morgan fingerprint density at radius 2 is 2.00 bits per heavy atom. The largest absolute Gasteiger partial charge is 0.497 e. The Labute approximate surface area is 136 Å². The number of methoxy groups -OCH3 is 1.